The van der Waals surface area contributed by atoms with E-state index < -0.39 is 16.8 Å². The monoisotopic (exact) mass is 348 g/mol. The van der Waals surface area contributed by atoms with Gasteiger partial charge in [0.1, 0.15) is 10.6 Å². The molecule has 22 heavy (non-hydrogen) atoms. The summed E-state index contributed by atoms with van der Waals surface area (Å²) in [7, 11) is 0. The minimum Gasteiger partial charge on any atom is -0.302 e. The average Bonchev–Trinajstić information content (AvgIpc) is 3.04. The minimum absolute atomic E-state index is 0.0188. The van der Waals surface area contributed by atoms with Crippen LogP contribution in [0.3, 0.4) is 0 Å². The standard InChI is InChI=1S/C13H11F3N2O2S2/c1-6(2)11(20)18-12-17-8(7-4-3-5-21-7)9(22-12)10(19)13(14,15)16/h3-6H,1-2H3,(H,17,18,20). The predicted molar refractivity (Wildman–Crippen MR) is 79.3 cm³/mol. The zero-order valence-electron chi connectivity index (χ0n) is 11.5. The third-order valence-corrected chi connectivity index (χ3v) is 4.45. The number of nitrogens with zero attached hydrogens (tertiary/aromatic N) is 1. The first-order chi connectivity index (χ1) is 10.2. The highest BCUT2D eigenvalue weighted by atomic mass is 32.1. The van der Waals surface area contributed by atoms with E-state index in [0.29, 0.717) is 16.2 Å². The highest BCUT2D eigenvalue weighted by Crippen LogP contribution is 2.37. The first-order valence-electron chi connectivity index (χ1n) is 6.17. The van der Waals surface area contributed by atoms with Crippen LogP contribution in [-0.2, 0) is 4.79 Å². The van der Waals surface area contributed by atoms with E-state index in [0.717, 1.165) is 0 Å². The fourth-order valence-electron chi connectivity index (χ4n) is 1.49. The summed E-state index contributed by atoms with van der Waals surface area (Å²) in [5.74, 6) is -2.69. The van der Waals surface area contributed by atoms with E-state index in [-0.39, 0.29) is 22.7 Å². The topological polar surface area (TPSA) is 59.1 Å². The van der Waals surface area contributed by atoms with Gasteiger partial charge in [0.15, 0.2) is 5.13 Å². The van der Waals surface area contributed by atoms with Crippen LogP contribution in [0.5, 0.6) is 0 Å². The molecule has 0 aliphatic heterocycles. The van der Waals surface area contributed by atoms with Gasteiger partial charge >= 0.3 is 6.18 Å². The van der Waals surface area contributed by atoms with Crippen molar-refractivity contribution < 1.29 is 22.8 Å². The van der Waals surface area contributed by atoms with Gasteiger partial charge in [0, 0.05) is 5.92 Å². The molecule has 1 N–H and O–H groups in total. The molecule has 0 saturated carbocycles. The second-order valence-electron chi connectivity index (χ2n) is 4.64. The normalized spacial score (nSPS) is 11.7. The molecule has 1 amide bonds. The van der Waals surface area contributed by atoms with E-state index in [1.807, 2.05) is 0 Å². The first-order valence-corrected chi connectivity index (χ1v) is 7.87. The van der Waals surface area contributed by atoms with Crippen LogP contribution in [0.4, 0.5) is 18.3 Å². The number of aromatic nitrogens is 1. The number of hydrogen-bond acceptors (Lipinski definition) is 5. The fourth-order valence-corrected chi connectivity index (χ4v) is 3.21. The Morgan fingerprint density at radius 1 is 1.32 bits per heavy atom. The largest absolute Gasteiger partial charge is 0.455 e. The van der Waals surface area contributed by atoms with Crippen LogP contribution in [0.25, 0.3) is 10.6 Å². The molecule has 9 heteroatoms. The number of carbonyl (C=O) groups is 2. The van der Waals surface area contributed by atoms with Crippen LogP contribution >= 0.6 is 22.7 Å². The van der Waals surface area contributed by atoms with E-state index in [4.69, 9.17) is 0 Å². The van der Waals surface area contributed by atoms with Crippen LogP contribution in [0.1, 0.15) is 23.5 Å². The number of carbonyl (C=O) groups excluding carboxylic acids is 2. The zero-order valence-corrected chi connectivity index (χ0v) is 13.2. The number of hydrogen-bond donors (Lipinski definition) is 1. The molecule has 0 radical (unpaired) electrons. The van der Waals surface area contributed by atoms with Gasteiger partial charge in [0.25, 0.3) is 5.78 Å². The molecule has 0 unspecified atom stereocenters. The molecule has 0 bridgehead atoms. The maximum absolute atomic E-state index is 12.7. The fraction of sp³-hybridized carbons (Fsp3) is 0.308. The van der Waals surface area contributed by atoms with Crippen molar-refractivity contribution in [2.75, 3.05) is 5.32 Å². The van der Waals surface area contributed by atoms with Crippen LogP contribution in [0, 0.1) is 5.92 Å². The van der Waals surface area contributed by atoms with Crippen LogP contribution < -0.4 is 5.32 Å². The number of ketones is 1. The number of Topliss-reactive ketones (excluding diaryl/α,β-unsaturated/α-hetero) is 1. The lowest BCUT2D eigenvalue weighted by molar-refractivity contribution is -0.118. The quantitative estimate of drug-likeness (QED) is 0.842. The molecule has 2 aromatic heterocycles. The molecule has 0 aromatic carbocycles. The predicted octanol–water partition coefficient (Wildman–Crippen LogP) is 4.21. The molecule has 0 spiro atoms. The molecule has 0 aliphatic rings. The highest BCUT2D eigenvalue weighted by Gasteiger charge is 2.42. The van der Waals surface area contributed by atoms with Gasteiger partial charge < -0.3 is 5.32 Å². The number of anilines is 1. The van der Waals surface area contributed by atoms with Gasteiger partial charge in [-0.05, 0) is 11.4 Å². The van der Waals surface area contributed by atoms with Gasteiger partial charge in [-0.15, -0.1) is 11.3 Å². The van der Waals surface area contributed by atoms with Crippen molar-refractivity contribution in [1.82, 2.24) is 4.98 Å². The SMILES string of the molecule is CC(C)C(=O)Nc1nc(-c2cccs2)c(C(=O)C(F)(F)F)s1. The lowest BCUT2D eigenvalue weighted by atomic mass is 10.2. The molecular weight excluding hydrogens is 337 g/mol. The number of halogens is 3. The molecule has 2 aromatic rings. The smallest absolute Gasteiger partial charge is 0.302 e. The lowest BCUT2D eigenvalue weighted by Gasteiger charge is -2.03. The lowest BCUT2D eigenvalue weighted by Crippen LogP contribution is -2.22. The molecule has 118 valence electrons. The van der Waals surface area contributed by atoms with Crippen molar-refractivity contribution in [2.24, 2.45) is 5.92 Å². The second kappa shape index (κ2) is 6.17. The Bertz CT molecular complexity index is 691. The van der Waals surface area contributed by atoms with E-state index >= 15 is 0 Å². The van der Waals surface area contributed by atoms with Gasteiger partial charge in [-0.1, -0.05) is 31.3 Å². The Morgan fingerprint density at radius 2 is 2.00 bits per heavy atom. The zero-order chi connectivity index (χ0) is 16.5. The molecule has 0 atom stereocenters. The van der Waals surface area contributed by atoms with Crippen molar-refractivity contribution in [1.29, 1.82) is 0 Å². The summed E-state index contributed by atoms with van der Waals surface area (Å²) in [6.07, 6.45) is -4.99. The second-order valence-corrected chi connectivity index (χ2v) is 6.59. The summed E-state index contributed by atoms with van der Waals surface area (Å²) in [6.45, 7) is 3.29. The maximum atomic E-state index is 12.7. The molecule has 4 nitrogen and oxygen atoms in total. The Balaban J connectivity index is 2.45. The Morgan fingerprint density at radius 3 is 2.50 bits per heavy atom. The van der Waals surface area contributed by atoms with Crippen LogP contribution in [-0.4, -0.2) is 22.9 Å². The van der Waals surface area contributed by atoms with Crippen molar-refractivity contribution in [2.45, 2.75) is 20.0 Å². The van der Waals surface area contributed by atoms with E-state index in [1.165, 1.54) is 11.3 Å². The minimum atomic E-state index is -4.99. The average molecular weight is 348 g/mol. The third-order valence-electron chi connectivity index (χ3n) is 2.60. The van der Waals surface area contributed by atoms with Crippen molar-refractivity contribution in [3.05, 3.63) is 22.4 Å². The van der Waals surface area contributed by atoms with Gasteiger partial charge in [-0.25, -0.2) is 4.98 Å². The van der Waals surface area contributed by atoms with E-state index in [2.05, 4.69) is 10.3 Å². The van der Waals surface area contributed by atoms with Gasteiger partial charge in [-0.3, -0.25) is 9.59 Å². The molecule has 2 rings (SSSR count). The summed E-state index contributed by atoms with van der Waals surface area (Å²) >= 11 is 1.70. The molecule has 2 heterocycles. The van der Waals surface area contributed by atoms with Crippen LogP contribution in [0.2, 0.25) is 0 Å². The molecule has 0 aliphatic carbocycles. The van der Waals surface area contributed by atoms with Crippen molar-refractivity contribution in [3.8, 4) is 10.6 Å². The maximum Gasteiger partial charge on any atom is 0.455 e. The molecular formula is C13H11F3N2O2S2. The number of rotatable bonds is 4. The summed E-state index contributed by atoms with van der Waals surface area (Å²) in [5, 5.41) is 4.07. The first kappa shape index (κ1) is 16.6. The van der Waals surface area contributed by atoms with Crippen molar-refractivity contribution >= 4 is 39.5 Å². The summed E-state index contributed by atoms with van der Waals surface area (Å²) < 4.78 is 38.1. The van der Waals surface area contributed by atoms with Gasteiger partial charge in [-0.2, -0.15) is 13.2 Å². The van der Waals surface area contributed by atoms with Crippen LogP contribution in [0.15, 0.2) is 17.5 Å². The van der Waals surface area contributed by atoms with E-state index in [9.17, 15) is 22.8 Å². The summed E-state index contributed by atoms with van der Waals surface area (Å²) in [6, 6.07) is 3.22. The summed E-state index contributed by atoms with van der Waals surface area (Å²) in [5.41, 5.74) is -0.0543. The van der Waals surface area contributed by atoms with E-state index in [1.54, 1.807) is 31.4 Å². The Labute approximate surface area is 132 Å². The number of amides is 1. The summed E-state index contributed by atoms with van der Waals surface area (Å²) in [4.78, 5) is 27.1. The third kappa shape index (κ3) is 3.53. The van der Waals surface area contributed by atoms with Gasteiger partial charge in [0.2, 0.25) is 5.91 Å². The Kier molecular flexibility index (Phi) is 4.66. The number of thiophene rings is 1. The number of nitrogens with one attached hydrogen (secondary N) is 1. The van der Waals surface area contributed by atoms with Crippen molar-refractivity contribution in [3.63, 3.8) is 0 Å². The molecule has 0 fully saturated rings. The number of alkyl halides is 3. The number of thiazole rings is 1. The molecule has 0 saturated heterocycles. The van der Waals surface area contributed by atoms with Gasteiger partial charge in [0.05, 0.1) is 4.88 Å². The highest BCUT2D eigenvalue weighted by molar-refractivity contribution is 7.19. The Hall–Kier alpha value is -1.74.